The van der Waals surface area contributed by atoms with Crippen LogP contribution in [0.1, 0.15) is 22.3 Å². The van der Waals surface area contributed by atoms with E-state index in [1.807, 2.05) is 41.8 Å². The molecule has 0 bridgehead atoms. The molecule has 1 heterocycles. The number of rotatable bonds is 1. The molecule has 4 heteroatoms. The average Bonchev–Trinajstić information content (AvgIpc) is 2.60. The maximum Gasteiger partial charge on any atom is 0.254 e. The molecular weight excluding hydrogens is 298 g/mol. The zero-order valence-electron chi connectivity index (χ0n) is 9.91. The highest BCUT2D eigenvalue weighted by atomic mass is 79.9. The van der Waals surface area contributed by atoms with Gasteiger partial charge in [0, 0.05) is 28.9 Å². The van der Waals surface area contributed by atoms with E-state index in [0.717, 1.165) is 40.9 Å². The molecule has 0 aromatic heterocycles. The fraction of sp³-hybridized carbons (Fsp3) is 0.462. The van der Waals surface area contributed by atoms with Crippen LogP contribution in [0.25, 0.3) is 0 Å². The summed E-state index contributed by atoms with van der Waals surface area (Å²) in [6, 6.07) is 5.82. The minimum Gasteiger partial charge on any atom is -0.338 e. The van der Waals surface area contributed by atoms with Gasteiger partial charge in [-0.25, -0.2) is 0 Å². The van der Waals surface area contributed by atoms with Crippen LogP contribution in [-0.2, 0) is 0 Å². The Morgan fingerprint density at radius 1 is 1.35 bits per heavy atom. The van der Waals surface area contributed by atoms with Gasteiger partial charge in [-0.3, -0.25) is 4.79 Å². The van der Waals surface area contributed by atoms with E-state index in [-0.39, 0.29) is 5.91 Å². The Balaban J connectivity index is 2.20. The number of benzene rings is 1. The number of carbonyl (C=O) groups excluding carboxylic acids is 1. The Morgan fingerprint density at radius 3 is 3.00 bits per heavy atom. The smallest absolute Gasteiger partial charge is 0.254 e. The number of hydrogen-bond acceptors (Lipinski definition) is 2. The van der Waals surface area contributed by atoms with Gasteiger partial charge in [-0.05, 0) is 36.8 Å². The number of hydrogen-bond donors (Lipinski definition) is 0. The first kappa shape index (κ1) is 13.0. The van der Waals surface area contributed by atoms with Crippen LogP contribution in [-0.4, -0.2) is 35.4 Å². The summed E-state index contributed by atoms with van der Waals surface area (Å²) in [4.78, 5) is 14.4. The summed E-state index contributed by atoms with van der Waals surface area (Å²) < 4.78 is 1.01. The lowest BCUT2D eigenvalue weighted by Gasteiger charge is -2.21. The zero-order valence-corrected chi connectivity index (χ0v) is 12.3. The van der Waals surface area contributed by atoms with Crippen molar-refractivity contribution in [2.75, 3.05) is 24.6 Å². The lowest BCUT2D eigenvalue weighted by Crippen LogP contribution is -2.33. The van der Waals surface area contributed by atoms with Crippen molar-refractivity contribution in [3.63, 3.8) is 0 Å². The predicted octanol–water partition coefficient (Wildman–Crippen LogP) is 3.34. The van der Waals surface area contributed by atoms with Crippen molar-refractivity contribution in [1.82, 2.24) is 4.90 Å². The van der Waals surface area contributed by atoms with Gasteiger partial charge in [0.2, 0.25) is 0 Å². The molecule has 2 rings (SSSR count). The summed E-state index contributed by atoms with van der Waals surface area (Å²) in [5.41, 5.74) is 1.86. The third kappa shape index (κ3) is 3.05. The van der Waals surface area contributed by atoms with E-state index in [0.29, 0.717) is 0 Å². The van der Waals surface area contributed by atoms with E-state index in [1.54, 1.807) is 0 Å². The first-order chi connectivity index (χ1) is 8.20. The van der Waals surface area contributed by atoms with E-state index in [4.69, 9.17) is 0 Å². The molecule has 17 heavy (non-hydrogen) atoms. The fourth-order valence-electron chi connectivity index (χ4n) is 1.96. The highest BCUT2D eigenvalue weighted by Crippen LogP contribution is 2.21. The number of halogens is 1. The molecule has 1 aromatic carbocycles. The van der Waals surface area contributed by atoms with Crippen molar-refractivity contribution in [3.8, 4) is 0 Å². The molecule has 2 nitrogen and oxygen atoms in total. The van der Waals surface area contributed by atoms with Gasteiger partial charge in [0.1, 0.15) is 0 Å². The number of thioether (sulfide) groups is 1. The number of carbonyl (C=O) groups is 1. The first-order valence-corrected chi connectivity index (χ1v) is 7.77. The second kappa shape index (κ2) is 5.91. The third-order valence-electron chi connectivity index (χ3n) is 3.01. The van der Waals surface area contributed by atoms with Crippen LogP contribution in [0.15, 0.2) is 22.7 Å². The summed E-state index contributed by atoms with van der Waals surface area (Å²) in [5.74, 6) is 2.39. The van der Waals surface area contributed by atoms with Gasteiger partial charge in [0.05, 0.1) is 0 Å². The van der Waals surface area contributed by atoms with E-state index < -0.39 is 0 Å². The molecule has 0 atom stereocenters. The van der Waals surface area contributed by atoms with Gasteiger partial charge in [-0.2, -0.15) is 11.8 Å². The van der Waals surface area contributed by atoms with E-state index in [2.05, 4.69) is 15.9 Å². The lowest BCUT2D eigenvalue weighted by atomic mass is 10.1. The predicted molar refractivity (Wildman–Crippen MR) is 76.7 cm³/mol. The van der Waals surface area contributed by atoms with Crippen LogP contribution in [0.4, 0.5) is 0 Å². The second-order valence-corrected chi connectivity index (χ2v) is 6.25. The Morgan fingerprint density at radius 2 is 2.18 bits per heavy atom. The summed E-state index contributed by atoms with van der Waals surface area (Å²) >= 11 is 5.42. The first-order valence-electron chi connectivity index (χ1n) is 5.82. The number of nitrogens with zero attached hydrogens (tertiary/aromatic N) is 1. The van der Waals surface area contributed by atoms with E-state index in [1.165, 1.54) is 5.75 Å². The molecule has 0 aliphatic carbocycles. The van der Waals surface area contributed by atoms with E-state index >= 15 is 0 Å². The molecule has 1 saturated heterocycles. The van der Waals surface area contributed by atoms with Crippen LogP contribution >= 0.6 is 27.7 Å². The number of amides is 1. The Labute approximate surface area is 115 Å². The van der Waals surface area contributed by atoms with Gasteiger partial charge in [0.15, 0.2) is 0 Å². The Hall–Kier alpha value is -0.480. The van der Waals surface area contributed by atoms with Crippen molar-refractivity contribution in [1.29, 1.82) is 0 Å². The minimum atomic E-state index is 0.173. The Kier molecular flexibility index (Phi) is 4.51. The van der Waals surface area contributed by atoms with Crippen molar-refractivity contribution >= 4 is 33.6 Å². The molecule has 1 aliphatic rings. The largest absolute Gasteiger partial charge is 0.338 e. The molecule has 1 aliphatic heterocycles. The van der Waals surface area contributed by atoms with E-state index in [9.17, 15) is 4.79 Å². The maximum atomic E-state index is 12.4. The lowest BCUT2D eigenvalue weighted by molar-refractivity contribution is 0.0767. The van der Waals surface area contributed by atoms with Crippen molar-refractivity contribution in [2.24, 2.45) is 0 Å². The molecule has 0 N–H and O–H groups in total. The molecule has 1 amide bonds. The summed E-state index contributed by atoms with van der Waals surface area (Å²) in [5, 5.41) is 0. The van der Waals surface area contributed by atoms with Crippen molar-refractivity contribution in [3.05, 3.63) is 33.8 Å². The molecule has 0 saturated carbocycles. The van der Waals surface area contributed by atoms with Gasteiger partial charge >= 0.3 is 0 Å². The van der Waals surface area contributed by atoms with Crippen LogP contribution in [0.5, 0.6) is 0 Å². The normalized spacial score (nSPS) is 16.7. The maximum absolute atomic E-state index is 12.4. The highest BCUT2D eigenvalue weighted by Gasteiger charge is 2.19. The van der Waals surface area contributed by atoms with Crippen molar-refractivity contribution in [2.45, 2.75) is 13.3 Å². The highest BCUT2D eigenvalue weighted by molar-refractivity contribution is 9.10. The van der Waals surface area contributed by atoms with Crippen molar-refractivity contribution < 1.29 is 4.79 Å². The molecule has 1 fully saturated rings. The average molecular weight is 314 g/mol. The van der Waals surface area contributed by atoms with Crippen LogP contribution < -0.4 is 0 Å². The van der Waals surface area contributed by atoms with Gasteiger partial charge in [0.25, 0.3) is 5.91 Å². The monoisotopic (exact) mass is 313 g/mol. The van der Waals surface area contributed by atoms with Crippen LogP contribution in [0, 0.1) is 6.92 Å². The topological polar surface area (TPSA) is 20.3 Å². The molecule has 0 spiro atoms. The summed E-state index contributed by atoms with van der Waals surface area (Å²) in [6.07, 6.45) is 1.10. The molecule has 92 valence electrons. The quantitative estimate of drug-likeness (QED) is 0.792. The molecule has 0 radical (unpaired) electrons. The standard InChI is InChI=1S/C13H16BrNOS/c1-10-11(4-2-5-12(10)14)13(16)15-6-3-8-17-9-7-15/h2,4-5H,3,6-9H2,1H3. The minimum absolute atomic E-state index is 0.173. The summed E-state index contributed by atoms with van der Waals surface area (Å²) in [6.45, 7) is 3.75. The molecule has 0 unspecified atom stereocenters. The van der Waals surface area contributed by atoms with Gasteiger partial charge in [-0.1, -0.05) is 22.0 Å². The van der Waals surface area contributed by atoms with Gasteiger partial charge in [-0.15, -0.1) is 0 Å². The third-order valence-corrected chi connectivity index (χ3v) is 4.92. The fourth-order valence-corrected chi connectivity index (χ4v) is 3.21. The SMILES string of the molecule is Cc1c(Br)cccc1C(=O)N1CCCSCC1. The van der Waals surface area contributed by atoms with Gasteiger partial charge < -0.3 is 4.90 Å². The Bertz CT molecular complexity index is 414. The van der Waals surface area contributed by atoms with Crippen LogP contribution in [0.2, 0.25) is 0 Å². The second-order valence-electron chi connectivity index (χ2n) is 4.17. The summed E-state index contributed by atoms with van der Waals surface area (Å²) in [7, 11) is 0. The molecule has 1 aromatic rings. The van der Waals surface area contributed by atoms with Crippen LogP contribution in [0.3, 0.4) is 0 Å². The zero-order chi connectivity index (χ0) is 12.3. The molecular formula is C13H16BrNOS.